The Morgan fingerprint density at radius 2 is 1.95 bits per heavy atom. The van der Waals surface area contributed by atoms with Crippen LogP contribution < -0.4 is 15.5 Å². The Bertz CT molecular complexity index is 463. The summed E-state index contributed by atoms with van der Waals surface area (Å²) in [7, 11) is 0. The number of piperidine rings is 1. The maximum Gasteiger partial charge on any atom is 0.241 e. The van der Waals surface area contributed by atoms with Gasteiger partial charge < -0.3 is 20.3 Å². The normalized spacial score (nSPS) is 22.9. The van der Waals surface area contributed by atoms with Crippen molar-refractivity contribution in [3.05, 3.63) is 24.3 Å². The minimum atomic E-state index is -0.0438. The van der Waals surface area contributed by atoms with Gasteiger partial charge in [-0.3, -0.25) is 4.79 Å². The highest BCUT2D eigenvalue weighted by molar-refractivity contribution is 5.95. The smallest absolute Gasteiger partial charge is 0.241 e. The zero-order valence-electron chi connectivity index (χ0n) is 12.3. The highest BCUT2D eigenvalue weighted by atomic mass is 16.5. The van der Waals surface area contributed by atoms with Crippen LogP contribution in [0, 0.1) is 0 Å². The lowest BCUT2D eigenvalue weighted by molar-refractivity contribution is -0.118. The Balaban J connectivity index is 1.57. The number of ether oxygens (including phenoxy) is 1. The average molecular weight is 289 g/mol. The van der Waals surface area contributed by atoms with E-state index in [0.717, 1.165) is 57.8 Å². The van der Waals surface area contributed by atoms with Crippen molar-refractivity contribution < 1.29 is 9.53 Å². The molecular formula is C16H23N3O2. The number of anilines is 2. The summed E-state index contributed by atoms with van der Waals surface area (Å²) in [5, 5.41) is 6.27. The van der Waals surface area contributed by atoms with E-state index in [-0.39, 0.29) is 11.9 Å². The molecule has 5 heteroatoms. The van der Waals surface area contributed by atoms with E-state index in [0.29, 0.717) is 0 Å². The van der Waals surface area contributed by atoms with Gasteiger partial charge in [0.05, 0.1) is 19.3 Å². The van der Waals surface area contributed by atoms with Crippen LogP contribution in [0.25, 0.3) is 0 Å². The summed E-state index contributed by atoms with van der Waals surface area (Å²) < 4.78 is 5.36. The molecule has 114 valence electrons. The standard InChI is InChI=1S/C16H23N3O2/c20-16(15-3-1-2-8-17-15)18-13-4-6-14(7-5-13)19-9-11-21-12-10-19/h4-7,15,17H,1-3,8-12H2,(H,18,20)/t15-/m1/s1. The van der Waals surface area contributed by atoms with Gasteiger partial charge in [-0.2, -0.15) is 0 Å². The molecule has 1 aromatic rings. The van der Waals surface area contributed by atoms with E-state index >= 15 is 0 Å². The number of nitrogens with zero attached hydrogens (tertiary/aromatic N) is 1. The van der Waals surface area contributed by atoms with E-state index in [1.54, 1.807) is 0 Å². The Labute approximate surface area is 125 Å². The van der Waals surface area contributed by atoms with Crippen LogP contribution >= 0.6 is 0 Å². The molecule has 1 amide bonds. The number of hydrogen-bond acceptors (Lipinski definition) is 4. The Kier molecular flexibility index (Phi) is 4.72. The van der Waals surface area contributed by atoms with E-state index < -0.39 is 0 Å². The van der Waals surface area contributed by atoms with Gasteiger partial charge in [0.1, 0.15) is 0 Å². The van der Waals surface area contributed by atoms with Crippen LogP contribution in [0.1, 0.15) is 19.3 Å². The van der Waals surface area contributed by atoms with Crippen LogP contribution in [0.3, 0.4) is 0 Å². The molecule has 5 nitrogen and oxygen atoms in total. The van der Waals surface area contributed by atoms with E-state index in [2.05, 4.69) is 27.7 Å². The van der Waals surface area contributed by atoms with Crippen LogP contribution in [0.4, 0.5) is 11.4 Å². The van der Waals surface area contributed by atoms with Crippen molar-refractivity contribution >= 4 is 17.3 Å². The van der Waals surface area contributed by atoms with Crippen molar-refractivity contribution in [1.82, 2.24) is 5.32 Å². The summed E-state index contributed by atoms with van der Waals surface area (Å²) in [5.41, 5.74) is 2.05. The van der Waals surface area contributed by atoms with Gasteiger partial charge in [-0.1, -0.05) is 6.42 Å². The SMILES string of the molecule is O=C(Nc1ccc(N2CCOCC2)cc1)[C@H]1CCCCN1. The molecule has 2 fully saturated rings. The number of carbonyl (C=O) groups is 1. The number of benzene rings is 1. The molecule has 0 saturated carbocycles. The second kappa shape index (κ2) is 6.91. The molecule has 1 atom stereocenters. The van der Waals surface area contributed by atoms with Crippen molar-refractivity contribution in [3.63, 3.8) is 0 Å². The first kappa shape index (κ1) is 14.4. The first-order valence-electron chi connectivity index (χ1n) is 7.80. The molecule has 0 spiro atoms. The summed E-state index contributed by atoms with van der Waals surface area (Å²) in [6, 6.07) is 8.04. The Morgan fingerprint density at radius 3 is 2.62 bits per heavy atom. The predicted octanol–water partition coefficient (Wildman–Crippen LogP) is 1.60. The monoisotopic (exact) mass is 289 g/mol. The lowest BCUT2D eigenvalue weighted by atomic mass is 10.0. The third kappa shape index (κ3) is 3.74. The van der Waals surface area contributed by atoms with E-state index in [4.69, 9.17) is 4.74 Å². The molecule has 1 aromatic carbocycles. The summed E-state index contributed by atoms with van der Waals surface area (Å²) in [6.07, 6.45) is 3.22. The third-order valence-corrected chi connectivity index (χ3v) is 4.14. The zero-order valence-corrected chi connectivity index (χ0v) is 12.3. The van der Waals surface area contributed by atoms with Gasteiger partial charge in [0, 0.05) is 24.5 Å². The Morgan fingerprint density at radius 1 is 1.19 bits per heavy atom. The van der Waals surface area contributed by atoms with Crippen LogP contribution in [0.15, 0.2) is 24.3 Å². The molecule has 0 unspecified atom stereocenters. The molecule has 2 saturated heterocycles. The van der Waals surface area contributed by atoms with Crippen molar-refractivity contribution in [2.45, 2.75) is 25.3 Å². The van der Waals surface area contributed by atoms with Crippen LogP contribution in [-0.2, 0) is 9.53 Å². The molecule has 21 heavy (non-hydrogen) atoms. The molecular weight excluding hydrogens is 266 g/mol. The molecule has 0 radical (unpaired) electrons. The minimum absolute atomic E-state index is 0.0438. The van der Waals surface area contributed by atoms with Crippen LogP contribution in [0.5, 0.6) is 0 Å². The maximum atomic E-state index is 12.2. The fraction of sp³-hybridized carbons (Fsp3) is 0.562. The van der Waals surface area contributed by atoms with Gasteiger partial charge in [-0.25, -0.2) is 0 Å². The molecule has 0 aromatic heterocycles. The third-order valence-electron chi connectivity index (χ3n) is 4.14. The second-order valence-corrected chi connectivity index (χ2v) is 5.64. The van der Waals surface area contributed by atoms with Gasteiger partial charge >= 0.3 is 0 Å². The number of hydrogen-bond donors (Lipinski definition) is 2. The second-order valence-electron chi connectivity index (χ2n) is 5.64. The van der Waals surface area contributed by atoms with Crippen LogP contribution in [-0.4, -0.2) is 44.8 Å². The van der Waals surface area contributed by atoms with Gasteiger partial charge in [-0.05, 0) is 43.7 Å². The van der Waals surface area contributed by atoms with E-state index in [9.17, 15) is 4.79 Å². The molecule has 0 bridgehead atoms. The summed E-state index contributed by atoms with van der Waals surface area (Å²) in [4.78, 5) is 14.5. The lowest BCUT2D eigenvalue weighted by Crippen LogP contribution is -2.43. The number of amides is 1. The summed E-state index contributed by atoms with van der Waals surface area (Å²) >= 11 is 0. The van der Waals surface area contributed by atoms with Gasteiger partial charge in [-0.15, -0.1) is 0 Å². The number of rotatable bonds is 3. The summed E-state index contributed by atoms with van der Waals surface area (Å²) in [5.74, 6) is 0.0776. The van der Waals surface area contributed by atoms with Crippen LogP contribution in [0.2, 0.25) is 0 Å². The maximum absolute atomic E-state index is 12.2. The van der Waals surface area contributed by atoms with E-state index in [1.807, 2.05) is 12.1 Å². The molecule has 2 heterocycles. The first-order valence-corrected chi connectivity index (χ1v) is 7.80. The zero-order chi connectivity index (χ0) is 14.5. The van der Waals surface area contributed by atoms with E-state index in [1.165, 1.54) is 5.69 Å². The van der Waals surface area contributed by atoms with Gasteiger partial charge in [0.2, 0.25) is 5.91 Å². The quantitative estimate of drug-likeness (QED) is 0.887. The molecule has 0 aliphatic carbocycles. The van der Waals surface area contributed by atoms with Gasteiger partial charge in [0.25, 0.3) is 0 Å². The van der Waals surface area contributed by atoms with Crippen molar-refractivity contribution in [2.75, 3.05) is 43.1 Å². The molecule has 2 N–H and O–H groups in total. The van der Waals surface area contributed by atoms with Crippen molar-refractivity contribution in [3.8, 4) is 0 Å². The lowest BCUT2D eigenvalue weighted by Gasteiger charge is -2.29. The minimum Gasteiger partial charge on any atom is -0.378 e. The van der Waals surface area contributed by atoms with Crippen molar-refractivity contribution in [1.29, 1.82) is 0 Å². The Hall–Kier alpha value is -1.59. The predicted molar refractivity (Wildman–Crippen MR) is 83.7 cm³/mol. The highest BCUT2D eigenvalue weighted by Gasteiger charge is 2.20. The van der Waals surface area contributed by atoms with Crippen molar-refractivity contribution in [2.24, 2.45) is 0 Å². The first-order chi connectivity index (χ1) is 10.3. The molecule has 3 rings (SSSR count). The summed E-state index contributed by atoms with van der Waals surface area (Å²) in [6.45, 7) is 4.36. The number of carbonyl (C=O) groups excluding carboxylic acids is 1. The average Bonchev–Trinajstić information content (AvgIpc) is 2.57. The molecule has 2 aliphatic heterocycles. The number of morpholine rings is 1. The fourth-order valence-corrected chi connectivity index (χ4v) is 2.88. The largest absolute Gasteiger partial charge is 0.378 e. The van der Waals surface area contributed by atoms with Gasteiger partial charge in [0.15, 0.2) is 0 Å². The fourth-order valence-electron chi connectivity index (χ4n) is 2.88. The topological polar surface area (TPSA) is 53.6 Å². The highest BCUT2D eigenvalue weighted by Crippen LogP contribution is 2.19. The number of nitrogens with one attached hydrogen (secondary N) is 2. The molecule has 2 aliphatic rings.